The van der Waals surface area contributed by atoms with Crippen molar-refractivity contribution in [2.75, 3.05) is 18.5 Å². The number of hydrogen-bond acceptors (Lipinski definition) is 3. The zero-order valence-electron chi connectivity index (χ0n) is 18.5. The van der Waals surface area contributed by atoms with Crippen LogP contribution in [-0.2, 0) is 16.1 Å². The minimum Gasteiger partial charge on any atom is -0.372 e. The number of hydrogen-bond donors (Lipinski definition) is 1. The van der Waals surface area contributed by atoms with Crippen LogP contribution in [0.15, 0.2) is 24.3 Å². The van der Waals surface area contributed by atoms with Gasteiger partial charge in [0.05, 0.1) is 0 Å². The Hall–Kier alpha value is -2.04. The molecule has 1 N–H and O–H groups in total. The van der Waals surface area contributed by atoms with Gasteiger partial charge in [-0.1, -0.05) is 52.2 Å². The second-order valence-corrected chi connectivity index (χ2v) is 9.69. The van der Waals surface area contributed by atoms with E-state index in [2.05, 4.69) is 41.5 Å². The van der Waals surface area contributed by atoms with Crippen molar-refractivity contribution in [3.63, 3.8) is 0 Å². The average Bonchev–Trinajstić information content (AvgIpc) is 3.21. The van der Waals surface area contributed by atoms with E-state index in [9.17, 15) is 9.59 Å². The molecule has 1 heterocycles. The molecular formula is C24H37N3O2. The number of carbonyl (C=O) groups excluding carboxylic acids is 2. The Morgan fingerprint density at radius 3 is 2.31 bits per heavy atom. The summed E-state index contributed by atoms with van der Waals surface area (Å²) in [6, 6.07) is 8.81. The molecule has 1 aromatic carbocycles. The van der Waals surface area contributed by atoms with Crippen molar-refractivity contribution in [3.8, 4) is 0 Å². The lowest BCUT2D eigenvalue weighted by atomic mass is 9.94. The molecule has 1 unspecified atom stereocenters. The molecule has 1 aliphatic heterocycles. The summed E-state index contributed by atoms with van der Waals surface area (Å²) < 4.78 is 0. The number of nitrogens with one attached hydrogen (secondary N) is 1. The van der Waals surface area contributed by atoms with Crippen molar-refractivity contribution in [2.45, 2.75) is 84.3 Å². The highest BCUT2D eigenvalue weighted by atomic mass is 16.2. The summed E-state index contributed by atoms with van der Waals surface area (Å²) in [4.78, 5) is 29.5. The van der Waals surface area contributed by atoms with Crippen LogP contribution >= 0.6 is 0 Å². The first-order valence-electron chi connectivity index (χ1n) is 11.2. The zero-order chi connectivity index (χ0) is 21.0. The van der Waals surface area contributed by atoms with E-state index in [1.165, 1.54) is 37.8 Å². The SMILES string of the molecule is CN(c1ccc(CNC(=O)C2CCCN2C(=O)C(C)(C)C)cc1)C1CCCCC1. The molecule has 1 aromatic rings. The summed E-state index contributed by atoms with van der Waals surface area (Å²) in [6.07, 6.45) is 8.21. The van der Waals surface area contributed by atoms with E-state index >= 15 is 0 Å². The maximum Gasteiger partial charge on any atom is 0.243 e. The molecule has 0 spiro atoms. The van der Waals surface area contributed by atoms with Crippen LogP contribution in [0.1, 0.15) is 71.3 Å². The lowest BCUT2D eigenvalue weighted by Gasteiger charge is -2.33. The number of carbonyl (C=O) groups is 2. The van der Waals surface area contributed by atoms with E-state index in [0.29, 0.717) is 19.1 Å². The molecular weight excluding hydrogens is 362 g/mol. The normalized spacial score (nSPS) is 20.6. The van der Waals surface area contributed by atoms with Crippen LogP contribution in [0.4, 0.5) is 5.69 Å². The van der Waals surface area contributed by atoms with Gasteiger partial charge in [0, 0.05) is 37.3 Å². The summed E-state index contributed by atoms with van der Waals surface area (Å²) >= 11 is 0. The van der Waals surface area contributed by atoms with E-state index < -0.39 is 5.41 Å². The molecule has 5 nitrogen and oxygen atoms in total. The van der Waals surface area contributed by atoms with E-state index in [-0.39, 0.29) is 17.9 Å². The van der Waals surface area contributed by atoms with Gasteiger partial charge in [-0.15, -0.1) is 0 Å². The van der Waals surface area contributed by atoms with Gasteiger partial charge in [0.25, 0.3) is 0 Å². The zero-order valence-corrected chi connectivity index (χ0v) is 18.5. The van der Waals surface area contributed by atoms with Crippen molar-refractivity contribution in [1.82, 2.24) is 10.2 Å². The summed E-state index contributed by atoms with van der Waals surface area (Å²) in [7, 11) is 2.19. The van der Waals surface area contributed by atoms with Gasteiger partial charge in [-0.3, -0.25) is 9.59 Å². The van der Waals surface area contributed by atoms with Crippen LogP contribution in [-0.4, -0.2) is 42.4 Å². The summed E-state index contributed by atoms with van der Waals surface area (Å²) in [6.45, 7) is 6.91. The molecule has 0 bridgehead atoms. The van der Waals surface area contributed by atoms with Crippen molar-refractivity contribution in [2.24, 2.45) is 5.41 Å². The van der Waals surface area contributed by atoms with Crippen LogP contribution in [0.25, 0.3) is 0 Å². The van der Waals surface area contributed by atoms with Crippen LogP contribution in [0.3, 0.4) is 0 Å². The lowest BCUT2D eigenvalue weighted by molar-refractivity contribution is -0.144. The fourth-order valence-electron chi connectivity index (χ4n) is 4.55. The molecule has 2 fully saturated rings. The van der Waals surface area contributed by atoms with Crippen molar-refractivity contribution in [1.29, 1.82) is 0 Å². The molecule has 1 atom stereocenters. The first kappa shape index (κ1) is 21.7. The van der Waals surface area contributed by atoms with E-state index in [1.54, 1.807) is 4.90 Å². The van der Waals surface area contributed by atoms with Gasteiger partial charge in [0.2, 0.25) is 11.8 Å². The molecule has 2 amide bonds. The van der Waals surface area contributed by atoms with Gasteiger partial charge >= 0.3 is 0 Å². The quantitative estimate of drug-likeness (QED) is 0.811. The van der Waals surface area contributed by atoms with Crippen LogP contribution in [0.2, 0.25) is 0 Å². The molecule has 160 valence electrons. The Labute approximate surface area is 175 Å². The smallest absolute Gasteiger partial charge is 0.243 e. The third-order valence-electron chi connectivity index (χ3n) is 6.39. The minimum atomic E-state index is -0.455. The predicted octanol–water partition coefficient (Wildman–Crippen LogP) is 4.11. The van der Waals surface area contributed by atoms with Gasteiger partial charge in [0.15, 0.2) is 0 Å². The molecule has 1 saturated heterocycles. The lowest BCUT2D eigenvalue weighted by Crippen LogP contribution is -2.49. The molecule has 3 rings (SSSR count). The third-order valence-corrected chi connectivity index (χ3v) is 6.39. The highest BCUT2D eigenvalue weighted by molar-refractivity contribution is 5.90. The number of amides is 2. The predicted molar refractivity (Wildman–Crippen MR) is 118 cm³/mol. The van der Waals surface area contributed by atoms with E-state index in [1.807, 2.05) is 20.8 Å². The van der Waals surface area contributed by atoms with Gasteiger partial charge in [-0.05, 0) is 43.4 Å². The average molecular weight is 400 g/mol. The topological polar surface area (TPSA) is 52.7 Å². The number of nitrogens with zero attached hydrogens (tertiary/aromatic N) is 2. The summed E-state index contributed by atoms with van der Waals surface area (Å²) in [5, 5.41) is 3.04. The highest BCUT2D eigenvalue weighted by Gasteiger charge is 2.38. The maximum atomic E-state index is 12.7. The molecule has 0 aromatic heterocycles. The molecule has 5 heteroatoms. The van der Waals surface area contributed by atoms with Gasteiger partial charge < -0.3 is 15.1 Å². The first-order valence-corrected chi connectivity index (χ1v) is 11.2. The van der Waals surface area contributed by atoms with Crippen molar-refractivity contribution in [3.05, 3.63) is 29.8 Å². The van der Waals surface area contributed by atoms with E-state index in [0.717, 1.165) is 18.4 Å². The number of likely N-dealkylation sites (tertiary alicyclic amines) is 1. The van der Waals surface area contributed by atoms with E-state index in [4.69, 9.17) is 0 Å². The van der Waals surface area contributed by atoms with Crippen molar-refractivity contribution >= 4 is 17.5 Å². The number of rotatable bonds is 5. The third kappa shape index (κ3) is 5.31. The Morgan fingerprint density at radius 1 is 1.03 bits per heavy atom. The Balaban J connectivity index is 1.54. The van der Waals surface area contributed by atoms with Gasteiger partial charge in [-0.25, -0.2) is 0 Å². The summed E-state index contributed by atoms with van der Waals surface area (Å²) in [5.41, 5.74) is 1.87. The van der Waals surface area contributed by atoms with Crippen LogP contribution in [0, 0.1) is 5.41 Å². The minimum absolute atomic E-state index is 0.0384. The first-order chi connectivity index (χ1) is 13.8. The molecule has 29 heavy (non-hydrogen) atoms. The summed E-state index contributed by atoms with van der Waals surface area (Å²) in [5.74, 6) is 0.0220. The number of benzene rings is 1. The molecule has 1 aliphatic carbocycles. The largest absolute Gasteiger partial charge is 0.372 e. The Bertz CT molecular complexity index is 702. The maximum absolute atomic E-state index is 12.7. The number of anilines is 1. The fraction of sp³-hybridized carbons (Fsp3) is 0.667. The second kappa shape index (κ2) is 9.19. The molecule has 0 radical (unpaired) electrons. The van der Waals surface area contributed by atoms with Crippen molar-refractivity contribution < 1.29 is 9.59 Å². The highest BCUT2D eigenvalue weighted by Crippen LogP contribution is 2.27. The fourth-order valence-corrected chi connectivity index (χ4v) is 4.55. The van der Waals surface area contributed by atoms with Gasteiger partial charge in [-0.2, -0.15) is 0 Å². The molecule has 1 saturated carbocycles. The van der Waals surface area contributed by atoms with Gasteiger partial charge in [0.1, 0.15) is 6.04 Å². The van der Waals surface area contributed by atoms with Crippen LogP contribution < -0.4 is 10.2 Å². The second-order valence-electron chi connectivity index (χ2n) is 9.69. The molecule has 2 aliphatic rings. The standard InChI is InChI=1S/C24H37N3O2/c1-24(2,3)23(29)27-16-8-11-21(27)22(28)25-17-18-12-14-20(15-13-18)26(4)19-9-6-5-7-10-19/h12-15,19,21H,5-11,16-17H2,1-4H3,(H,25,28). The Morgan fingerprint density at radius 2 is 1.69 bits per heavy atom. The van der Waals surface area contributed by atoms with Crippen LogP contribution in [0.5, 0.6) is 0 Å². The Kier molecular flexibility index (Phi) is 6.86. The monoisotopic (exact) mass is 399 g/mol.